The number of hydrogen-bond acceptors (Lipinski definition) is 2. The molecule has 0 aliphatic heterocycles. The summed E-state index contributed by atoms with van der Waals surface area (Å²) in [6, 6.07) is 16.6. The van der Waals surface area contributed by atoms with E-state index in [0.29, 0.717) is 18.4 Å². The van der Waals surface area contributed by atoms with Crippen molar-refractivity contribution < 1.29 is 0 Å². The Balaban J connectivity index is 2.07. The second-order valence-corrected chi connectivity index (χ2v) is 4.73. The molecule has 0 aliphatic rings. The van der Waals surface area contributed by atoms with Crippen molar-refractivity contribution in [2.24, 2.45) is 5.73 Å². The molecule has 0 saturated heterocycles. The Kier molecular flexibility index (Phi) is 4.48. The van der Waals surface area contributed by atoms with Gasteiger partial charge < -0.3 is 5.73 Å². The lowest BCUT2D eigenvalue weighted by molar-refractivity contribution is 0.554. The van der Waals surface area contributed by atoms with E-state index in [1.165, 1.54) is 5.56 Å². The summed E-state index contributed by atoms with van der Waals surface area (Å²) in [6.07, 6.45) is 2.88. The molecule has 0 fully saturated rings. The predicted molar refractivity (Wildman–Crippen MR) is 75.5 cm³/mol. The Morgan fingerprint density at radius 3 is 2.39 bits per heavy atom. The van der Waals surface area contributed by atoms with Gasteiger partial charge in [-0.25, -0.2) is 0 Å². The van der Waals surface area contributed by atoms with Gasteiger partial charge in [-0.05, 0) is 30.0 Å². The van der Waals surface area contributed by atoms with Crippen LogP contribution in [0.5, 0.6) is 0 Å². The quantitative estimate of drug-likeness (QED) is 0.870. The van der Waals surface area contributed by atoms with Crippen molar-refractivity contribution in [3.8, 4) is 0 Å². The van der Waals surface area contributed by atoms with Gasteiger partial charge in [-0.1, -0.05) is 43.3 Å². The summed E-state index contributed by atoms with van der Waals surface area (Å²) in [6.45, 7) is 2.90. The first-order chi connectivity index (χ1) is 8.81. The Hall–Kier alpha value is -1.67. The normalized spacial score (nSPS) is 14.1. The molecular weight excluding hydrogens is 220 g/mol. The molecule has 1 aromatic carbocycles. The van der Waals surface area contributed by atoms with Gasteiger partial charge in [0.05, 0.1) is 0 Å². The molecule has 0 aliphatic carbocycles. The first-order valence-electron chi connectivity index (χ1n) is 6.47. The minimum Gasteiger partial charge on any atom is -0.330 e. The van der Waals surface area contributed by atoms with E-state index in [2.05, 4.69) is 48.3 Å². The topological polar surface area (TPSA) is 38.9 Å². The Labute approximate surface area is 109 Å². The minimum absolute atomic E-state index is 0.335. The smallest absolute Gasteiger partial charge is 0.0447 e. The summed E-state index contributed by atoms with van der Waals surface area (Å²) in [7, 11) is 0. The highest BCUT2D eigenvalue weighted by Gasteiger charge is 2.15. The van der Waals surface area contributed by atoms with Crippen molar-refractivity contribution in [3.63, 3.8) is 0 Å². The largest absolute Gasteiger partial charge is 0.330 e. The lowest BCUT2D eigenvalue weighted by Crippen LogP contribution is -2.16. The molecule has 2 rings (SSSR count). The minimum atomic E-state index is 0.335. The summed E-state index contributed by atoms with van der Waals surface area (Å²) in [5.41, 5.74) is 8.36. The number of nitrogens with zero attached hydrogens (tertiary/aromatic N) is 1. The van der Waals surface area contributed by atoms with Crippen molar-refractivity contribution in [1.29, 1.82) is 0 Å². The summed E-state index contributed by atoms with van der Waals surface area (Å²) in [5, 5.41) is 0. The maximum absolute atomic E-state index is 5.89. The molecule has 0 spiro atoms. The van der Waals surface area contributed by atoms with Crippen LogP contribution < -0.4 is 5.73 Å². The van der Waals surface area contributed by atoms with Gasteiger partial charge in [-0.15, -0.1) is 0 Å². The van der Waals surface area contributed by atoms with Crippen molar-refractivity contribution in [2.75, 3.05) is 6.54 Å². The zero-order valence-electron chi connectivity index (χ0n) is 10.8. The number of hydrogen-bond donors (Lipinski definition) is 1. The van der Waals surface area contributed by atoms with Gasteiger partial charge in [0, 0.05) is 24.4 Å². The average Bonchev–Trinajstić information content (AvgIpc) is 2.46. The SMILES string of the molecule is CC(CC(CN)c1ccccn1)c1ccccc1. The van der Waals surface area contributed by atoms with Crippen LogP contribution in [-0.4, -0.2) is 11.5 Å². The van der Waals surface area contributed by atoms with Crippen molar-refractivity contribution in [2.45, 2.75) is 25.2 Å². The lowest BCUT2D eigenvalue weighted by Gasteiger charge is -2.19. The molecule has 2 aromatic rings. The zero-order chi connectivity index (χ0) is 12.8. The maximum atomic E-state index is 5.89. The summed E-state index contributed by atoms with van der Waals surface area (Å²) >= 11 is 0. The monoisotopic (exact) mass is 240 g/mol. The highest BCUT2D eigenvalue weighted by atomic mass is 14.7. The highest BCUT2D eigenvalue weighted by Crippen LogP contribution is 2.27. The van der Waals surface area contributed by atoms with Gasteiger partial charge in [-0.2, -0.15) is 0 Å². The van der Waals surface area contributed by atoms with Gasteiger partial charge in [0.15, 0.2) is 0 Å². The van der Waals surface area contributed by atoms with E-state index in [-0.39, 0.29) is 0 Å². The van der Waals surface area contributed by atoms with Crippen LogP contribution in [0.2, 0.25) is 0 Å². The molecule has 94 valence electrons. The van der Waals surface area contributed by atoms with Crippen LogP contribution in [-0.2, 0) is 0 Å². The van der Waals surface area contributed by atoms with E-state index in [9.17, 15) is 0 Å². The molecule has 0 saturated carbocycles. The van der Waals surface area contributed by atoms with Gasteiger partial charge >= 0.3 is 0 Å². The first-order valence-corrected chi connectivity index (χ1v) is 6.47. The standard InChI is InChI=1S/C16H20N2/c1-13(14-7-3-2-4-8-14)11-15(12-17)16-9-5-6-10-18-16/h2-10,13,15H,11-12,17H2,1H3. The van der Waals surface area contributed by atoms with Gasteiger partial charge in [-0.3, -0.25) is 4.98 Å². The van der Waals surface area contributed by atoms with Crippen molar-refractivity contribution in [1.82, 2.24) is 4.98 Å². The number of aromatic nitrogens is 1. The Morgan fingerprint density at radius 1 is 1.06 bits per heavy atom. The zero-order valence-corrected chi connectivity index (χ0v) is 10.8. The van der Waals surface area contributed by atoms with Gasteiger partial charge in [0.2, 0.25) is 0 Å². The van der Waals surface area contributed by atoms with Crippen LogP contribution in [0.3, 0.4) is 0 Å². The fourth-order valence-electron chi connectivity index (χ4n) is 2.30. The number of rotatable bonds is 5. The fourth-order valence-corrected chi connectivity index (χ4v) is 2.30. The van der Waals surface area contributed by atoms with Crippen LogP contribution in [0.4, 0.5) is 0 Å². The van der Waals surface area contributed by atoms with Crippen LogP contribution in [0.15, 0.2) is 54.7 Å². The van der Waals surface area contributed by atoms with E-state index in [1.54, 1.807) is 0 Å². The summed E-state index contributed by atoms with van der Waals surface area (Å²) in [4.78, 5) is 4.42. The third kappa shape index (κ3) is 3.17. The maximum Gasteiger partial charge on any atom is 0.0447 e. The lowest BCUT2D eigenvalue weighted by atomic mass is 9.88. The van der Waals surface area contributed by atoms with Crippen LogP contribution >= 0.6 is 0 Å². The second kappa shape index (κ2) is 6.31. The van der Waals surface area contributed by atoms with E-state index >= 15 is 0 Å². The highest BCUT2D eigenvalue weighted by molar-refractivity contribution is 5.20. The Morgan fingerprint density at radius 2 is 1.78 bits per heavy atom. The van der Waals surface area contributed by atoms with Crippen LogP contribution in [0, 0.1) is 0 Å². The Bertz CT molecular complexity index is 453. The molecule has 2 heteroatoms. The summed E-state index contributed by atoms with van der Waals surface area (Å²) < 4.78 is 0. The fraction of sp³-hybridized carbons (Fsp3) is 0.312. The molecule has 1 heterocycles. The number of pyridine rings is 1. The molecule has 2 atom stereocenters. The molecule has 0 radical (unpaired) electrons. The third-order valence-corrected chi connectivity index (χ3v) is 3.40. The summed E-state index contributed by atoms with van der Waals surface area (Å²) in [5.74, 6) is 0.836. The third-order valence-electron chi connectivity index (χ3n) is 3.40. The molecule has 0 bridgehead atoms. The van der Waals surface area contributed by atoms with Gasteiger partial charge in [0.25, 0.3) is 0 Å². The molecular formula is C16H20N2. The molecule has 2 N–H and O–H groups in total. The first kappa shape index (κ1) is 12.8. The number of nitrogens with two attached hydrogens (primary N) is 1. The second-order valence-electron chi connectivity index (χ2n) is 4.73. The van der Waals surface area contributed by atoms with E-state index < -0.39 is 0 Å². The number of benzene rings is 1. The van der Waals surface area contributed by atoms with Crippen molar-refractivity contribution >= 4 is 0 Å². The molecule has 0 amide bonds. The molecule has 2 unspecified atom stereocenters. The van der Waals surface area contributed by atoms with Crippen LogP contribution in [0.25, 0.3) is 0 Å². The predicted octanol–water partition coefficient (Wildman–Crippen LogP) is 3.32. The average molecular weight is 240 g/mol. The van der Waals surface area contributed by atoms with E-state index in [0.717, 1.165) is 12.1 Å². The van der Waals surface area contributed by atoms with Crippen molar-refractivity contribution in [3.05, 3.63) is 66.0 Å². The van der Waals surface area contributed by atoms with E-state index in [4.69, 9.17) is 5.73 Å². The molecule has 1 aromatic heterocycles. The van der Waals surface area contributed by atoms with Gasteiger partial charge in [0.1, 0.15) is 0 Å². The van der Waals surface area contributed by atoms with Crippen LogP contribution in [0.1, 0.15) is 36.4 Å². The van der Waals surface area contributed by atoms with E-state index in [1.807, 2.05) is 18.3 Å². The molecule has 2 nitrogen and oxygen atoms in total. The molecule has 18 heavy (non-hydrogen) atoms.